The van der Waals surface area contributed by atoms with Gasteiger partial charge in [0.25, 0.3) is 0 Å². The molecule has 0 aliphatic heterocycles. The monoisotopic (exact) mass is 325 g/mol. The fourth-order valence-electron chi connectivity index (χ4n) is 3.48. The largest absolute Gasteiger partial charge is 0.494 e. The van der Waals surface area contributed by atoms with Crippen LogP contribution in [-0.2, 0) is 11.8 Å². The molecule has 2 aliphatic rings. The van der Waals surface area contributed by atoms with Crippen molar-refractivity contribution in [3.63, 3.8) is 0 Å². The van der Waals surface area contributed by atoms with E-state index in [0.29, 0.717) is 18.4 Å². The number of nitrogens with one attached hydrogen (secondary N) is 1. The van der Waals surface area contributed by atoms with Crippen LogP contribution in [0.5, 0.6) is 5.75 Å². The van der Waals surface area contributed by atoms with E-state index in [-0.39, 0.29) is 17.9 Å². The van der Waals surface area contributed by atoms with Crippen LogP contribution in [0.2, 0.25) is 0 Å². The molecule has 5 nitrogen and oxygen atoms in total. The van der Waals surface area contributed by atoms with E-state index in [1.165, 1.54) is 11.1 Å². The zero-order chi connectivity index (χ0) is 16.7. The van der Waals surface area contributed by atoms with Gasteiger partial charge in [-0.2, -0.15) is 5.10 Å². The zero-order valence-electron chi connectivity index (χ0n) is 14.1. The third-order valence-corrected chi connectivity index (χ3v) is 5.02. The van der Waals surface area contributed by atoms with Crippen molar-refractivity contribution in [1.29, 1.82) is 0 Å². The first-order chi connectivity index (χ1) is 11.7. The number of benzene rings is 1. The summed E-state index contributed by atoms with van der Waals surface area (Å²) in [5, 5.41) is 7.40. The van der Waals surface area contributed by atoms with Crippen LogP contribution in [0.25, 0.3) is 0 Å². The lowest BCUT2D eigenvalue weighted by atomic mass is 10.1. The van der Waals surface area contributed by atoms with E-state index >= 15 is 0 Å². The molecule has 24 heavy (non-hydrogen) atoms. The molecule has 2 aromatic rings. The maximum atomic E-state index is 12.4. The Morgan fingerprint density at radius 3 is 2.71 bits per heavy atom. The van der Waals surface area contributed by atoms with Gasteiger partial charge in [-0.05, 0) is 48.9 Å². The normalized spacial score (nSPS) is 27.6. The second-order valence-corrected chi connectivity index (χ2v) is 6.86. The molecule has 126 valence electrons. The molecule has 2 saturated carbocycles. The summed E-state index contributed by atoms with van der Waals surface area (Å²) in [5.74, 6) is 2.01. The average molecular weight is 325 g/mol. The van der Waals surface area contributed by atoms with Crippen molar-refractivity contribution >= 4 is 5.91 Å². The summed E-state index contributed by atoms with van der Waals surface area (Å²) < 4.78 is 7.27. The molecule has 0 bridgehead atoms. The molecule has 0 unspecified atom stereocenters. The average Bonchev–Trinajstić information content (AvgIpc) is 3.47. The predicted molar refractivity (Wildman–Crippen MR) is 91.0 cm³/mol. The van der Waals surface area contributed by atoms with E-state index in [1.54, 1.807) is 4.68 Å². The van der Waals surface area contributed by atoms with Crippen molar-refractivity contribution < 1.29 is 9.53 Å². The minimum Gasteiger partial charge on any atom is -0.494 e. The number of carbonyl (C=O) groups is 1. The number of rotatable bonds is 6. The number of carbonyl (C=O) groups excluding carboxylic acids is 1. The minimum absolute atomic E-state index is 0.121. The van der Waals surface area contributed by atoms with Crippen LogP contribution in [-0.4, -0.2) is 28.3 Å². The van der Waals surface area contributed by atoms with Gasteiger partial charge in [0.15, 0.2) is 0 Å². The smallest absolute Gasteiger partial charge is 0.223 e. The molecule has 2 aliphatic carbocycles. The van der Waals surface area contributed by atoms with Crippen molar-refractivity contribution in [2.24, 2.45) is 13.0 Å². The molecule has 2 fully saturated rings. The number of hydrogen-bond donors (Lipinski definition) is 1. The Morgan fingerprint density at radius 2 is 2.04 bits per heavy atom. The van der Waals surface area contributed by atoms with E-state index in [2.05, 4.69) is 22.5 Å². The third-order valence-electron chi connectivity index (χ3n) is 5.02. The standard InChI is InChI=1S/C19H23N3O2/c1-3-24-14-6-4-12(5-7-14)16-9-18(16)21-19(23)17-8-15(17)13-10-20-22(2)11-13/h4-7,10-11,15-18H,3,8-9H2,1-2H3,(H,21,23)/t15-,16-,17+,18+/m0/s1. The van der Waals surface area contributed by atoms with Gasteiger partial charge < -0.3 is 10.1 Å². The maximum absolute atomic E-state index is 12.4. The Hall–Kier alpha value is -2.30. The highest BCUT2D eigenvalue weighted by Gasteiger charge is 2.47. The van der Waals surface area contributed by atoms with Crippen molar-refractivity contribution in [3.05, 3.63) is 47.8 Å². The van der Waals surface area contributed by atoms with E-state index < -0.39 is 0 Å². The van der Waals surface area contributed by atoms with Gasteiger partial charge in [0.05, 0.1) is 12.8 Å². The van der Waals surface area contributed by atoms with Crippen molar-refractivity contribution in [2.45, 2.75) is 37.6 Å². The van der Waals surface area contributed by atoms with E-state index in [9.17, 15) is 4.79 Å². The van der Waals surface area contributed by atoms with Crippen LogP contribution in [0.4, 0.5) is 0 Å². The molecule has 0 saturated heterocycles. The van der Waals surface area contributed by atoms with Gasteiger partial charge in [-0.1, -0.05) is 12.1 Å². The second-order valence-electron chi connectivity index (χ2n) is 6.86. The van der Waals surface area contributed by atoms with E-state index in [0.717, 1.165) is 18.6 Å². The van der Waals surface area contributed by atoms with Gasteiger partial charge >= 0.3 is 0 Å². The number of aryl methyl sites for hydroxylation is 1. The molecule has 0 radical (unpaired) electrons. The van der Waals surface area contributed by atoms with Crippen LogP contribution in [0, 0.1) is 5.92 Å². The van der Waals surface area contributed by atoms with E-state index in [1.807, 2.05) is 38.5 Å². The van der Waals surface area contributed by atoms with Gasteiger partial charge in [0.1, 0.15) is 5.75 Å². The van der Waals surface area contributed by atoms with E-state index in [4.69, 9.17) is 4.74 Å². The topological polar surface area (TPSA) is 56.1 Å². The Labute approximate surface area is 142 Å². The molecule has 1 aromatic carbocycles. The van der Waals surface area contributed by atoms with Gasteiger partial charge in [-0.25, -0.2) is 0 Å². The number of amides is 1. The molecule has 1 amide bonds. The number of aromatic nitrogens is 2. The highest BCUT2D eigenvalue weighted by Crippen LogP contribution is 2.48. The third kappa shape index (κ3) is 3.03. The molecule has 1 heterocycles. The molecule has 4 rings (SSSR count). The van der Waals surface area contributed by atoms with Crippen LogP contribution in [0.1, 0.15) is 42.7 Å². The summed E-state index contributed by atoms with van der Waals surface area (Å²) in [6.45, 7) is 2.66. The van der Waals surface area contributed by atoms with Crippen LogP contribution >= 0.6 is 0 Å². The molecule has 5 heteroatoms. The molecular formula is C19H23N3O2. The molecule has 1 aromatic heterocycles. The Bertz CT molecular complexity index is 737. The predicted octanol–water partition coefficient (Wildman–Crippen LogP) is 2.59. The summed E-state index contributed by atoms with van der Waals surface area (Å²) >= 11 is 0. The first-order valence-electron chi connectivity index (χ1n) is 8.67. The summed E-state index contributed by atoms with van der Waals surface area (Å²) in [5.41, 5.74) is 2.46. The van der Waals surface area contributed by atoms with Crippen molar-refractivity contribution in [3.8, 4) is 5.75 Å². The summed E-state index contributed by atoms with van der Waals surface area (Å²) in [6, 6.07) is 8.52. The summed E-state index contributed by atoms with van der Waals surface area (Å²) in [6.07, 6.45) is 5.86. The zero-order valence-corrected chi connectivity index (χ0v) is 14.1. The molecule has 4 atom stereocenters. The van der Waals surface area contributed by atoms with Crippen LogP contribution < -0.4 is 10.1 Å². The quantitative estimate of drug-likeness (QED) is 0.888. The van der Waals surface area contributed by atoms with Gasteiger partial charge in [-0.3, -0.25) is 9.48 Å². The lowest BCUT2D eigenvalue weighted by molar-refractivity contribution is -0.122. The Morgan fingerprint density at radius 1 is 1.25 bits per heavy atom. The minimum atomic E-state index is 0.121. The van der Waals surface area contributed by atoms with Crippen LogP contribution in [0.15, 0.2) is 36.7 Å². The number of nitrogens with zero attached hydrogens (tertiary/aromatic N) is 2. The second kappa shape index (κ2) is 5.96. The highest BCUT2D eigenvalue weighted by atomic mass is 16.5. The fourth-order valence-corrected chi connectivity index (χ4v) is 3.48. The first-order valence-corrected chi connectivity index (χ1v) is 8.67. The lowest BCUT2D eigenvalue weighted by Crippen LogP contribution is -2.28. The molecule has 0 spiro atoms. The van der Waals surface area contributed by atoms with Crippen LogP contribution in [0.3, 0.4) is 0 Å². The van der Waals surface area contributed by atoms with Crippen molar-refractivity contribution in [1.82, 2.24) is 15.1 Å². The van der Waals surface area contributed by atoms with Crippen molar-refractivity contribution in [2.75, 3.05) is 6.61 Å². The summed E-state index contributed by atoms with van der Waals surface area (Å²) in [4.78, 5) is 12.4. The Kier molecular flexibility index (Phi) is 3.79. The molecule has 1 N–H and O–H groups in total. The van der Waals surface area contributed by atoms with Gasteiger partial charge in [-0.15, -0.1) is 0 Å². The Balaban J connectivity index is 1.29. The lowest BCUT2D eigenvalue weighted by Gasteiger charge is -2.06. The number of hydrogen-bond acceptors (Lipinski definition) is 3. The number of ether oxygens (including phenoxy) is 1. The maximum Gasteiger partial charge on any atom is 0.223 e. The van der Waals surface area contributed by atoms with Gasteiger partial charge in [0, 0.05) is 31.1 Å². The fraction of sp³-hybridized carbons (Fsp3) is 0.474. The first kappa shape index (κ1) is 15.2. The highest BCUT2D eigenvalue weighted by molar-refractivity contribution is 5.83. The van der Waals surface area contributed by atoms with Gasteiger partial charge in [0.2, 0.25) is 5.91 Å². The molecular weight excluding hydrogens is 302 g/mol. The summed E-state index contributed by atoms with van der Waals surface area (Å²) in [7, 11) is 1.91. The SMILES string of the molecule is CCOc1ccc([C@@H]2C[C@H]2NC(=O)[C@@H]2C[C@H]2c2cnn(C)c2)cc1.